The summed E-state index contributed by atoms with van der Waals surface area (Å²) in [6, 6.07) is 7.71. The lowest BCUT2D eigenvalue weighted by molar-refractivity contribution is 0.972. The van der Waals surface area contributed by atoms with Gasteiger partial charge < -0.3 is 0 Å². The molecular formula is C9H8ClN3. The summed E-state index contributed by atoms with van der Waals surface area (Å²) < 4.78 is 0. The Bertz CT molecular complexity index is 384. The SMILES string of the molecule is Clc1cccc(Cc2ncn[nH]2)c1. The fourth-order valence-electron chi connectivity index (χ4n) is 1.16. The first-order chi connectivity index (χ1) is 6.34. The van der Waals surface area contributed by atoms with Crippen LogP contribution in [0.3, 0.4) is 0 Å². The third kappa shape index (κ3) is 2.06. The Kier molecular flexibility index (Phi) is 2.27. The number of rotatable bonds is 2. The van der Waals surface area contributed by atoms with Crippen molar-refractivity contribution in [3.63, 3.8) is 0 Å². The van der Waals surface area contributed by atoms with Crippen LogP contribution in [0.1, 0.15) is 11.4 Å². The molecule has 2 rings (SSSR count). The molecule has 0 radical (unpaired) electrons. The van der Waals surface area contributed by atoms with Crippen LogP contribution in [0.15, 0.2) is 30.6 Å². The number of nitrogens with one attached hydrogen (secondary N) is 1. The van der Waals surface area contributed by atoms with Crippen molar-refractivity contribution >= 4 is 11.6 Å². The molecule has 0 fully saturated rings. The molecule has 13 heavy (non-hydrogen) atoms. The molecule has 1 N–H and O–H groups in total. The van der Waals surface area contributed by atoms with Crippen molar-refractivity contribution in [2.45, 2.75) is 6.42 Å². The molecule has 4 heteroatoms. The van der Waals surface area contributed by atoms with Gasteiger partial charge in [0.25, 0.3) is 0 Å². The van der Waals surface area contributed by atoms with Crippen molar-refractivity contribution in [2.24, 2.45) is 0 Å². The van der Waals surface area contributed by atoms with Gasteiger partial charge >= 0.3 is 0 Å². The highest BCUT2D eigenvalue weighted by Gasteiger charge is 1.98. The van der Waals surface area contributed by atoms with E-state index in [0.29, 0.717) is 0 Å². The summed E-state index contributed by atoms with van der Waals surface area (Å²) in [4.78, 5) is 4.03. The summed E-state index contributed by atoms with van der Waals surface area (Å²) >= 11 is 5.84. The summed E-state index contributed by atoms with van der Waals surface area (Å²) in [5.41, 5.74) is 1.13. The van der Waals surface area contributed by atoms with E-state index in [1.54, 1.807) is 0 Å². The predicted molar refractivity (Wildman–Crippen MR) is 50.6 cm³/mol. The van der Waals surface area contributed by atoms with E-state index in [4.69, 9.17) is 11.6 Å². The molecule has 0 unspecified atom stereocenters. The monoisotopic (exact) mass is 193 g/mol. The zero-order chi connectivity index (χ0) is 9.10. The van der Waals surface area contributed by atoms with Crippen LogP contribution in [0.4, 0.5) is 0 Å². The van der Waals surface area contributed by atoms with Gasteiger partial charge in [-0.3, -0.25) is 5.10 Å². The Balaban J connectivity index is 2.19. The Hall–Kier alpha value is -1.35. The molecule has 3 nitrogen and oxygen atoms in total. The Morgan fingerprint density at radius 2 is 2.31 bits per heavy atom. The molecule has 1 heterocycles. The molecular weight excluding hydrogens is 186 g/mol. The van der Waals surface area contributed by atoms with E-state index in [2.05, 4.69) is 15.2 Å². The first-order valence-corrected chi connectivity index (χ1v) is 4.31. The van der Waals surface area contributed by atoms with Crippen LogP contribution in [-0.2, 0) is 6.42 Å². The second-order valence-corrected chi connectivity index (χ2v) is 3.18. The van der Waals surface area contributed by atoms with Crippen LogP contribution >= 0.6 is 11.6 Å². The minimum absolute atomic E-state index is 0.737. The topological polar surface area (TPSA) is 41.6 Å². The lowest BCUT2D eigenvalue weighted by Crippen LogP contribution is -1.90. The van der Waals surface area contributed by atoms with E-state index in [0.717, 1.165) is 22.8 Å². The fourth-order valence-corrected chi connectivity index (χ4v) is 1.37. The number of hydrogen-bond donors (Lipinski definition) is 1. The number of aromatic nitrogens is 3. The van der Waals surface area contributed by atoms with E-state index in [-0.39, 0.29) is 0 Å². The third-order valence-electron chi connectivity index (χ3n) is 1.73. The molecule has 0 saturated carbocycles. The number of H-pyrrole nitrogens is 1. The Labute approximate surface area is 80.8 Å². The van der Waals surface area contributed by atoms with Crippen molar-refractivity contribution in [1.82, 2.24) is 15.2 Å². The van der Waals surface area contributed by atoms with Gasteiger partial charge in [-0.2, -0.15) is 5.10 Å². The van der Waals surface area contributed by atoms with E-state index >= 15 is 0 Å². The second kappa shape index (κ2) is 3.58. The van der Waals surface area contributed by atoms with E-state index < -0.39 is 0 Å². The summed E-state index contributed by atoms with van der Waals surface area (Å²) in [7, 11) is 0. The maximum absolute atomic E-state index is 5.84. The molecule has 0 aliphatic heterocycles. The number of aromatic amines is 1. The van der Waals surface area contributed by atoms with E-state index in [1.807, 2.05) is 24.3 Å². The third-order valence-corrected chi connectivity index (χ3v) is 1.96. The van der Waals surface area contributed by atoms with Crippen molar-refractivity contribution in [2.75, 3.05) is 0 Å². The Morgan fingerprint density at radius 1 is 1.38 bits per heavy atom. The number of nitrogens with zero attached hydrogens (tertiary/aromatic N) is 2. The van der Waals surface area contributed by atoms with Gasteiger partial charge in [0.15, 0.2) is 0 Å². The maximum Gasteiger partial charge on any atom is 0.137 e. The van der Waals surface area contributed by atoms with Crippen molar-refractivity contribution in [3.05, 3.63) is 47.0 Å². The fraction of sp³-hybridized carbons (Fsp3) is 0.111. The second-order valence-electron chi connectivity index (χ2n) is 2.74. The van der Waals surface area contributed by atoms with E-state index in [9.17, 15) is 0 Å². The Morgan fingerprint density at radius 3 is 3.00 bits per heavy atom. The lowest BCUT2D eigenvalue weighted by atomic mass is 10.1. The highest BCUT2D eigenvalue weighted by Crippen LogP contribution is 2.12. The number of halogens is 1. The lowest BCUT2D eigenvalue weighted by Gasteiger charge is -1.97. The molecule has 0 aliphatic carbocycles. The molecule has 0 bridgehead atoms. The minimum atomic E-state index is 0.737. The van der Waals surface area contributed by atoms with Crippen LogP contribution in [0, 0.1) is 0 Å². The first-order valence-electron chi connectivity index (χ1n) is 3.93. The molecule has 1 aromatic carbocycles. The van der Waals surface area contributed by atoms with Gasteiger partial charge in [0.05, 0.1) is 0 Å². The molecule has 0 spiro atoms. The largest absolute Gasteiger partial charge is 0.263 e. The van der Waals surface area contributed by atoms with Crippen LogP contribution in [0.5, 0.6) is 0 Å². The van der Waals surface area contributed by atoms with Gasteiger partial charge in [0.1, 0.15) is 12.2 Å². The zero-order valence-electron chi connectivity index (χ0n) is 6.87. The molecule has 66 valence electrons. The molecule has 0 saturated heterocycles. The van der Waals surface area contributed by atoms with Gasteiger partial charge in [-0.25, -0.2) is 4.98 Å². The van der Waals surface area contributed by atoms with Crippen molar-refractivity contribution < 1.29 is 0 Å². The zero-order valence-corrected chi connectivity index (χ0v) is 7.62. The summed E-state index contributed by atoms with van der Waals surface area (Å²) in [5.74, 6) is 0.849. The number of hydrogen-bond acceptors (Lipinski definition) is 2. The van der Waals surface area contributed by atoms with Gasteiger partial charge in [-0.15, -0.1) is 0 Å². The average Bonchev–Trinajstić information content (AvgIpc) is 2.57. The van der Waals surface area contributed by atoms with Crippen LogP contribution < -0.4 is 0 Å². The van der Waals surface area contributed by atoms with Crippen molar-refractivity contribution in [1.29, 1.82) is 0 Å². The van der Waals surface area contributed by atoms with Crippen molar-refractivity contribution in [3.8, 4) is 0 Å². The smallest absolute Gasteiger partial charge is 0.137 e. The van der Waals surface area contributed by atoms with Gasteiger partial charge in [0.2, 0.25) is 0 Å². The molecule has 0 amide bonds. The summed E-state index contributed by atoms with van der Waals surface area (Å²) in [6.07, 6.45) is 2.24. The summed E-state index contributed by atoms with van der Waals surface area (Å²) in [6.45, 7) is 0. The normalized spacial score (nSPS) is 10.2. The van der Waals surface area contributed by atoms with Crippen LogP contribution in [0.2, 0.25) is 5.02 Å². The molecule has 0 aliphatic rings. The first kappa shape index (κ1) is 8.26. The highest BCUT2D eigenvalue weighted by molar-refractivity contribution is 6.30. The molecule has 2 aromatic rings. The standard InChI is InChI=1S/C9H8ClN3/c10-8-3-1-2-7(4-8)5-9-11-6-12-13-9/h1-4,6H,5H2,(H,11,12,13). The average molecular weight is 194 g/mol. The van der Waals surface area contributed by atoms with E-state index in [1.165, 1.54) is 6.33 Å². The highest BCUT2D eigenvalue weighted by atomic mass is 35.5. The summed E-state index contributed by atoms with van der Waals surface area (Å²) in [5, 5.41) is 7.32. The molecule has 0 atom stereocenters. The van der Waals surface area contributed by atoms with Gasteiger partial charge in [-0.1, -0.05) is 23.7 Å². The van der Waals surface area contributed by atoms with Gasteiger partial charge in [0, 0.05) is 11.4 Å². The number of benzene rings is 1. The van der Waals surface area contributed by atoms with Crippen LogP contribution in [0.25, 0.3) is 0 Å². The predicted octanol–water partition coefficient (Wildman–Crippen LogP) is 2.05. The van der Waals surface area contributed by atoms with Gasteiger partial charge in [-0.05, 0) is 17.7 Å². The minimum Gasteiger partial charge on any atom is -0.263 e. The van der Waals surface area contributed by atoms with Crippen LogP contribution in [-0.4, -0.2) is 15.2 Å². The molecule has 1 aromatic heterocycles. The maximum atomic E-state index is 5.84. The quantitative estimate of drug-likeness (QED) is 0.793.